The highest BCUT2D eigenvalue weighted by Crippen LogP contribution is 2.46. The van der Waals surface area contributed by atoms with Crippen LogP contribution in [-0.2, 0) is 5.41 Å². The molecular formula is C41H40N12O4. The molecule has 0 aliphatic carbocycles. The van der Waals surface area contributed by atoms with E-state index in [4.69, 9.17) is 0 Å². The molecule has 288 valence electrons. The molecule has 4 atom stereocenters. The summed E-state index contributed by atoms with van der Waals surface area (Å²) in [4.78, 5) is 0. The largest absolute Gasteiger partial charge is 0.387 e. The minimum Gasteiger partial charge on any atom is -0.387 e. The molecule has 4 aromatic heterocycles. The summed E-state index contributed by atoms with van der Waals surface area (Å²) < 4.78 is 6.52. The molecule has 0 saturated heterocycles. The molecule has 16 heteroatoms. The van der Waals surface area contributed by atoms with E-state index in [1.165, 1.54) is 0 Å². The van der Waals surface area contributed by atoms with E-state index in [2.05, 4.69) is 89.8 Å². The molecule has 0 radical (unpaired) electrons. The van der Waals surface area contributed by atoms with Crippen molar-refractivity contribution in [3.05, 3.63) is 167 Å². The van der Waals surface area contributed by atoms with Crippen LogP contribution in [0.25, 0.3) is 22.7 Å². The van der Waals surface area contributed by atoms with Gasteiger partial charge in [-0.1, -0.05) is 69.4 Å². The van der Waals surface area contributed by atoms with E-state index < -0.39 is 29.8 Å². The molecule has 0 unspecified atom stereocenters. The van der Waals surface area contributed by atoms with E-state index in [0.29, 0.717) is 22.8 Å². The number of rotatable bonds is 12. The Kier molecular flexibility index (Phi) is 9.85. The first kappa shape index (κ1) is 37.2. The fourth-order valence-electron chi connectivity index (χ4n) is 6.83. The molecule has 0 aliphatic heterocycles. The molecular weight excluding hydrogens is 725 g/mol. The third-order valence-electron chi connectivity index (χ3n) is 10.0. The molecule has 0 bridgehead atoms. The molecule has 4 N–H and O–H groups in total. The average Bonchev–Trinajstić information content (AvgIpc) is 4.07. The number of aromatic nitrogens is 12. The van der Waals surface area contributed by atoms with Gasteiger partial charge in [-0.05, 0) is 98.5 Å². The average molecular weight is 765 g/mol. The molecule has 0 spiro atoms. The maximum atomic E-state index is 10.1. The van der Waals surface area contributed by atoms with Crippen molar-refractivity contribution in [1.82, 2.24) is 60.0 Å². The summed E-state index contributed by atoms with van der Waals surface area (Å²) >= 11 is 0. The Hall–Kier alpha value is -6.72. The highest BCUT2D eigenvalue weighted by molar-refractivity contribution is 5.62. The van der Waals surface area contributed by atoms with Crippen molar-refractivity contribution in [2.24, 2.45) is 0 Å². The van der Waals surface area contributed by atoms with Crippen LogP contribution in [0.4, 0.5) is 0 Å². The summed E-state index contributed by atoms with van der Waals surface area (Å²) in [5.74, 6) is 0. The zero-order chi connectivity index (χ0) is 39.8. The lowest BCUT2D eigenvalue weighted by Gasteiger charge is -2.37. The first-order valence-electron chi connectivity index (χ1n) is 18.4. The number of benzene rings is 4. The van der Waals surface area contributed by atoms with Crippen LogP contribution in [0.2, 0.25) is 0 Å². The van der Waals surface area contributed by atoms with Crippen LogP contribution in [0.3, 0.4) is 0 Å². The van der Waals surface area contributed by atoms with E-state index in [-0.39, 0.29) is 0 Å². The van der Waals surface area contributed by atoms with Gasteiger partial charge in [0.15, 0.2) is 0 Å². The predicted molar refractivity (Wildman–Crippen MR) is 207 cm³/mol. The van der Waals surface area contributed by atoms with Gasteiger partial charge >= 0.3 is 0 Å². The lowest BCUT2D eigenvalue weighted by molar-refractivity contribution is 0.194. The van der Waals surface area contributed by atoms with Crippen LogP contribution in [0.5, 0.6) is 0 Å². The van der Waals surface area contributed by atoms with Gasteiger partial charge < -0.3 is 20.4 Å². The Morgan fingerprint density at radius 3 is 0.702 bits per heavy atom. The zero-order valence-electron chi connectivity index (χ0n) is 31.5. The molecule has 8 aromatic rings. The molecule has 57 heavy (non-hydrogen) atoms. The van der Waals surface area contributed by atoms with Crippen molar-refractivity contribution in [2.45, 2.75) is 57.5 Å². The second-order valence-electron chi connectivity index (χ2n) is 14.0. The standard InChI is InChI=1S/C41H40N12O4/c1-25(54)37-21-50(46-42-37)33-13-5-29(6-14-33)41(30-7-15-34(16-8-30)51-22-38(26(2)55)43-47-51,31-9-17-35(18-10-31)52-23-39(27(3)56)44-48-52)32-11-19-36(20-12-32)53-24-40(28(4)57)45-49-53/h5-28,54-57H,1-4H3/t25-,26-,27-,28-/m0/s1. The fourth-order valence-corrected chi connectivity index (χ4v) is 6.83. The van der Waals surface area contributed by atoms with Crippen molar-refractivity contribution in [1.29, 1.82) is 0 Å². The summed E-state index contributed by atoms with van der Waals surface area (Å²) in [5, 5.41) is 73.8. The summed E-state index contributed by atoms with van der Waals surface area (Å²) in [6.45, 7) is 6.58. The number of nitrogens with zero attached hydrogens (tertiary/aromatic N) is 12. The number of aliphatic hydroxyl groups is 4. The van der Waals surface area contributed by atoms with Crippen LogP contribution in [0.15, 0.2) is 122 Å². The van der Waals surface area contributed by atoms with Crippen molar-refractivity contribution < 1.29 is 20.4 Å². The van der Waals surface area contributed by atoms with Gasteiger partial charge in [0.1, 0.15) is 22.8 Å². The normalized spacial score (nSPS) is 14.0. The highest BCUT2D eigenvalue weighted by atomic mass is 16.3. The third kappa shape index (κ3) is 7.02. The molecule has 8 rings (SSSR count). The van der Waals surface area contributed by atoms with Gasteiger partial charge in [0.05, 0.1) is 77.4 Å². The van der Waals surface area contributed by atoms with Gasteiger partial charge in [0.25, 0.3) is 0 Å². The second-order valence-corrected chi connectivity index (χ2v) is 14.0. The van der Waals surface area contributed by atoms with Gasteiger partial charge in [-0.15, -0.1) is 20.4 Å². The monoisotopic (exact) mass is 764 g/mol. The number of hydrogen-bond donors (Lipinski definition) is 4. The summed E-state index contributed by atoms with van der Waals surface area (Å²) in [7, 11) is 0. The molecule has 0 saturated carbocycles. The Morgan fingerprint density at radius 1 is 0.351 bits per heavy atom. The molecule has 4 aromatic carbocycles. The Bertz CT molecular complexity index is 2220. The smallest absolute Gasteiger partial charge is 0.111 e. The maximum absolute atomic E-state index is 10.1. The zero-order valence-corrected chi connectivity index (χ0v) is 31.5. The third-order valence-corrected chi connectivity index (χ3v) is 10.0. The van der Waals surface area contributed by atoms with Crippen molar-refractivity contribution in [3.8, 4) is 22.7 Å². The predicted octanol–water partition coefficient (Wildman–Crippen LogP) is 4.61. The van der Waals surface area contributed by atoms with Gasteiger partial charge in [0.2, 0.25) is 0 Å². The maximum Gasteiger partial charge on any atom is 0.111 e. The minimum absolute atomic E-state index is 0.461. The van der Waals surface area contributed by atoms with Crippen molar-refractivity contribution >= 4 is 0 Å². The van der Waals surface area contributed by atoms with Crippen LogP contribution in [-0.4, -0.2) is 80.4 Å². The molecule has 16 nitrogen and oxygen atoms in total. The Balaban J connectivity index is 1.31. The SMILES string of the molecule is C[C@H](O)c1cn(-c2ccc(C(c3ccc(-n4cc([C@H](C)O)nn4)cc3)(c3ccc(-n4cc([C@H](C)O)nn4)cc3)c3ccc(-n4cc([C@H](C)O)nn4)cc3)cc2)nn1. The van der Waals surface area contributed by atoms with E-state index in [9.17, 15) is 20.4 Å². The highest BCUT2D eigenvalue weighted by Gasteiger charge is 2.39. The van der Waals surface area contributed by atoms with Gasteiger partial charge in [-0.2, -0.15) is 0 Å². The van der Waals surface area contributed by atoms with Gasteiger partial charge in [-0.3, -0.25) is 0 Å². The first-order chi connectivity index (χ1) is 27.5. The molecule has 0 fully saturated rings. The Morgan fingerprint density at radius 2 is 0.544 bits per heavy atom. The van der Waals surface area contributed by atoms with Gasteiger partial charge in [0, 0.05) is 0 Å². The van der Waals surface area contributed by atoms with E-state index in [1.54, 1.807) is 71.2 Å². The molecule has 4 heterocycles. The minimum atomic E-state index is -0.922. The van der Waals surface area contributed by atoms with Crippen LogP contribution >= 0.6 is 0 Å². The van der Waals surface area contributed by atoms with Crippen LogP contribution in [0, 0.1) is 0 Å². The number of aliphatic hydroxyl groups excluding tert-OH is 4. The molecule has 0 amide bonds. The van der Waals surface area contributed by atoms with Crippen LogP contribution < -0.4 is 0 Å². The van der Waals surface area contributed by atoms with Crippen LogP contribution in [0.1, 0.15) is 97.1 Å². The first-order valence-corrected chi connectivity index (χ1v) is 18.4. The topological polar surface area (TPSA) is 204 Å². The summed E-state index contributed by atoms with van der Waals surface area (Å²) in [5.41, 5.74) is 7.68. The summed E-state index contributed by atoms with van der Waals surface area (Å²) in [6, 6.07) is 32.2. The van der Waals surface area contributed by atoms with E-state index in [0.717, 1.165) is 45.0 Å². The van der Waals surface area contributed by atoms with Crippen molar-refractivity contribution in [3.63, 3.8) is 0 Å². The summed E-state index contributed by atoms with van der Waals surface area (Å²) in [6.07, 6.45) is 3.77. The molecule has 0 aliphatic rings. The second kappa shape index (κ2) is 15.1. The van der Waals surface area contributed by atoms with E-state index >= 15 is 0 Å². The number of hydrogen-bond acceptors (Lipinski definition) is 12. The van der Waals surface area contributed by atoms with Gasteiger partial charge in [-0.25, -0.2) is 18.7 Å². The fraction of sp³-hybridized carbons (Fsp3) is 0.220. The van der Waals surface area contributed by atoms with E-state index in [1.807, 2.05) is 48.5 Å². The Labute approximate surface area is 326 Å². The lowest BCUT2D eigenvalue weighted by Crippen LogP contribution is -2.31. The van der Waals surface area contributed by atoms with Crippen molar-refractivity contribution in [2.75, 3.05) is 0 Å². The lowest BCUT2D eigenvalue weighted by atomic mass is 9.65. The quantitative estimate of drug-likeness (QED) is 0.126.